The van der Waals surface area contributed by atoms with E-state index in [0.29, 0.717) is 0 Å². The highest BCUT2D eigenvalue weighted by Crippen LogP contribution is 2.22. The predicted molar refractivity (Wildman–Crippen MR) is 72.6 cm³/mol. The largest absolute Gasteiger partial charge is 0.253 e. The summed E-state index contributed by atoms with van der Waals surface area (Å²) in [6.07, 6.45) is 5.15. The molecule has 0 N–H and O–H groups in total. The van der Waals surface area contributed by atoms with Gasteiger partial charge in [-0.3, -0.25) is 4.98 Å². The van der Waals surface area contributed by atoms with Crippen LogP contribution in [0.5, 0.6) is 0 Å². The van der Waals surface area contributed by atoms with Crippen LogP contribution in [-0.2, 0) is 6.42 Å². The molecule has 82 valence electrons. The summed E-state index contributed by atoms with van der Waals surface area (Å²) in [5.41, 5.74) is 2.22. The van der Waals surface area contributed by atoms with Crippen LogP contribution < -0.4 is 0 Å². The molecular weight excluding hydrogens is 262 g/mol. The molecule has 1 heterocycles. The average molecular weight is 276 g/mol. The molecule has 0 amide bonds. The maximum absolute atomic E-state index is 4.64. The molecule has 0 fully saturated rings. The fourth-order valence-electron chi connectivity index (χ4n) is 1.73. The van der Waals surface area contributed by atoms with Gasteiger partial charge in [-0.25, -0.2) is 0 Å². The van der Waals surface area contributed by atoms with Gasteiger partial charge in [0.2, 0.25) is 0 Å². The van der Waals surface area contributed by atoms with Gasteiger partial charge in [-0.1, -0.05) is 28.1 Å². The number of allylic oxidation sites excluding steroid dienone is 1. The minimum Gasteiger partial charge on any atom is -0.253 e. The Kier molecular flexibility index (Phi) is 3.73. The molecule has 16 heavy (non-hydrogen) atoms. The van der Waals surface area contributed by atoms with Crippen molar-refractivity contribution in [2.24, 2.45) is 0 Å². The number of halogens is 1. The SMILES string of the molecule is C=CCCCc1ccc2c(Br)cccc2n1. The smallest absolute Gasteiger partial charge is 0.0716 e. The number of rotatable bonds is 4. The van der Waals surface area contributed by atoms with Crippen LogP contribution in [0.4, 0.5) is 0 Å². The number of benzene rings is 1. The Hall–Kier alpha value is -1.15. The standard InChI is InChI=1S/C14H14BrN/c1-2-3-4-6-11-9-10-12-13(15)7-5-8-14(12)16-11/h2,5,7-10H,1,3-4,6H2. The Bertz CT molecular complexity index is 505. The number of aromatic nitrogens is 1. The molecule has 0 aliphatic heterocycles. The maximum atomic E-state index is 4.64. The first kappa shape index (κ1) is 11.3. The van der Waals surface area contributed by atoms with Crippen LogP contribution in [0.25, 0.3) is 10.9 Å². The van der Waals surface area contributed by atoms with Crippen molar-refractivity contribution >= 4 is 26.8 Å². The number of aryl methyl sites for hydroxylation is 1. The fraction of sp³-hybridized carbons (Fsp3) is 0.214. The number of unbranched alkanes of at least 4 members (excludes halogenated alkanes) is 1. The van der Waals surface area contributed by atoms with Crippen LogP contribution in [0.15, 0.2) is 47.5 Å². The van der Waals surface area contributed by atoms with E-state index in [9.17, 15) is 0 Å². The molecule has 0 atom stereocenters. The lowest BCUT2D eigenvalue weighted by molar-refractivity contribution is 0.823. The van der Waals surface area contributed by atoms with Crippen molar-refractivity contribution in [3.63, 3.8) is 0 Å². The number of hydrogen-bond acceptors (Lipinski definition) is 1. The summed E-state index contributed by atoms with van der Waals surface area (Å²) in [4.78, 5) is 4.64. The third-order valence-corrected chi connectivity index (χ3v) is 3.27. The zero-order valence-electron chi connectivity index (χ0n) is 9.12. The van der Waals surface area contributed by atoms with Gasteiger partial charge in [0, 0.05) is 15.6 Å². The van der Waals surface area contributed by atoms with Crippen LogP contribution in [0.2, 0.25) is 0 Å². The summed E-state index contributed by atoms with van der Waals surface area (Å²) in [5, 5.41) is 1.18. The van der Waals surface area contributed by atoms with Crippen LogP contribution in [0.3, 0.4) is 0 Å². The Morgan fingerprint density at radius 2 is 2.12 bits per heavy atom. The van der Waals surface area contributed by atoms with Gasteiger partial charge in [0.05, 0.1) is 5.52 Å². The van der Waals surface area contributed by atoms with E-state index in [0.717, 1.165) is 34.9 Å². The van der Waals surface area contributed by atoms with E-state index in [2.05, 4.69) is 45.7 Å². The highest BCUT2D eigenvalue weighted by atomic mass is 79.9. The van der Waals surface area contributed by atoms with Crippen LogP contribution in [0.1, 0.15) is 18.5 Å². The van der Waals surface area contributed by atoms with Crippen LogP contribution in [-0.4, -0.2) is 4.98 Å². The number of hydrogen-bond donors (Lipinski definition) is 0. The third kappa shape index (κ3) is 2.50. The van der Waals surface area contributed by atoms with Gasteiger partial charge in [0.1, 0.15) is 0 Å². The molecule has 1 aromatic heterocycles. The second kappa shape index (κ2) is 5.26. The topological polar surface area (TPSA) is 12.9 Å². The average Bonchev–Trinajstić information content (AvgIpc) is 2.30. The molecule has 2 aromatic rings. The number of fused-ring (bicyclic) bond motifs is 1. The van der Waals surface area contributed by atoms with Crippen molar-refractivity contribution in [2.75, 3.05) is 0 Å². The third-order valence-electron chi connectivity index (χ3n) is 2.58. The molecule has 1 aromatic carbocycles. The van der Waals surface area contributed by atoms with Crippen molar-refractivity contribution in [3.05, 3.63) is 53.2 Å². The molecule has 0 saturated carbocycles. The van der Waals surface area contributed by atoms with Crippen molar-refractivity contribution < 1.29 is 0 Å². The van der Waals surface area contributed by atoms with Crippen molar-refractivity contribution in [1.82, 2.24) is 4.98 Å². The van der Waals surface area contributed by atoms with Gasteiger partial charge in [0.25, 0.3) is 0 Å². The summed E-state index contributed by atoms with van der Waals surface area (Å²) >= 11 is 3.53. The number of pyridine rings is 1. The quantitative estimate of drug-likeness (QED) is 0.591. The Balaban J connectivity index is 2.26. The zero-order valence-corrected chi connectivity index (χ0v) is 10.7. The van der Waals surface area contributed by atoms with E-state index in [1.807, 2.05) is 18.2 Å². The Morgan fingerprint density at radius 3 is 2.94 bits per heavy atom. The van der Waals surface area contributed by atoms with Crippen molar-refractivity contribution in [3.8, 4) is 0 Å². The summed E-state index contributed by atoms with van der Waals surface area (Å²) in [7, 11) is 0. The first-order valence-corrected chi connectivity index (χ1v) is 6.25. The van der Waals surface area contributed by atoms with E-state index < -0.39 is 0 Å². The lowest BCUT2D eigenvalue weighted by Gasteiger charge is -2.03. The molecule has 0 unspecified atom stereocenters. The lowest BCUT2D eigenvalue weighted by Crippen LogP contribution is -1.90. The predicted octanol–water partition coefficient (Wildman–Crippen LogP) is 4.51. The maximum Gasteiger partial charge on any atom is 0.0716 e. The molecule has 0 spiro atoms. The van der Waals surface area contributed by atoms with Gasteiger partial charge in [0.15, 0.2) is 0 Å². The van der Waals surface area contributed by atoms with Gasteiger partial charge in [-0.05, 0) is 43.5 Å². The summed E-state index contributed by atoms with van der Waals surface area (Å²) in [6.45, 7) is 3.73. The molecule has 0 saturated heterocycles. The molecule has 0 aliphatic carbocycles. The van der Waals surface area contributed by atoms with Crippen molar-refractivity contribution in [1.29, 1.82) is 0 Å². The molecule has 0 bridgehead atoms. The van der Waals surface area contributed by atoms with E-state index in [4.69, 9.17) is 0 Å². The lowest BCUT2D eigenvalue weighted by atomic mass is 10.1. The normalized spacial score (nSPS) is 10.6. The first-order valence-electron chi connectivity index (χ1n) is 5.46. The molecule has 0 radical (unpaired) electrons. The fourth-order valence-corrected chi connectivity index (χ4v) is 2.21. The summed E-state index contributed by atoms with van der Waals surface area (Å²) < 4.78 is 1.11. The summed E-state index contributed by atoms with van der Waals surface area (Å²) in [5.74, 6) is 0. The minimum absolute atomic E-state index is 1.02. The van der Waals surface area contributed by atoms with Gasteiger partial charge >= 0.3 is 0 Å². The molecule has 0 aliphatic rings. The molecule has 2 rings (SSSR count). The van der Waals surface area contributed by atoms with Crippen LogP contribution in [0, 0.1) is 0 Å². The van der Waals surface area contributed by atoms with Crippen LogP contribution >= 0.6 is 15.9 Å². The molecular formula is C14H14BrN. The van der Waals surface area contributed by atoms with E-state index >= 15 is 0 Å². The zero-order chi connectivity index (χ0) is 11.4. The molecule has 2 heteroatoms. The summed E-state index contributed by atoms with van der Waals surface area (Å²) in [6, 6.07) is 10.4. The van der Waals surface area contributed by atoms with Gasteiger partial charge < -0.3 is 0 Å². The monoisotopic (exact) mass is 275 g/mol. The minimum atomic E-state index is 1.02. The Morgan fingerprint density at radius 1 is 1.25 bits per heavy atom. The van der Waals surface area contributed by atoms with E-state index in [1.165, 1.54) is 5.39 Å². The highest BCUT2D eigenvalue weighted by molar-refractivity contribution is 9.10. The second-order valence-electron chi connectivity index (χ2n) is 3.79. The van der Waals surface area contributed by atoms with E-state index in [1.54, 1.807) is 0 Å². The van der Waals surface area contributed by atoms with Gasteiger partial charge in [-0.15, -0.1) is 6.58 Å². The number of nitrogens with zero attached hydrogens (tertiary/aromatic N) is 1. The first-order chi connectivity index (χ1) is 7.81. The Labute approximate surface area is 104 Å². The molecule has 1 nitrogen and oxygen atoms in total. The second-order valence-corrected chi connectivity index (χ2v) is 4.64. The highest BCUT2D eigenvalue weighted by Gasteiger charge is 2.00. The van der Waals surface area contributed by atoms with Crippen molar-refractivity contribution in [2.45, 2.75) is 19.3 Å². The van der Waals surface area contributed by atoms with E-state index in [-0.39, 0.29) is 0 Å². The van der Waals surface area contributed by atoms with Gasteiger partial charge in [-0.2, -0.15) is 0 Å².